The second kappa shape index (κ2) is 9.38. The van der Waals surface area contributed by atoms with Crippen LogP contribution >= 0.6 is 15.9 Å². The van der Waals surface area contributed by atoms with Gasteiger partial charge in [0.05, 0.1) is 0 Å². The predicted molar refractivity (Wildman–Crippen MR) is 14.6 cm³/mol. The van der Waals surface area contributed by atoms with E-state index in [1.165, 1.54) is 5.20 Å². The van der Waals surface area contributed by atoms with Gasteiger partial charge in [-0.25, -0.2) is 0 Å². The summed E-state index contributed by atoms with van der Waals surface area (Å²) in [5.74, 6) is 0. The van der Waals surface area contributed by atoms with Gasteiger partial charge in [-0.15, -0.1) is 0 Å². The first-order chi connectivity index (χ1) is 1.41. The van der Waals surface area contributed by atoms with Gasteiger partial charge in [-0.05, 0) is 0 Å². The molecular weight excluding hydrogens is 171 g/mol. The summed E-state index contributed by atoms with van der Waals surface area (Å²) >= 11 is 2.34. The fourth-order valence-corrected chi connectivity index (χ4v) is 0. The average molecular weight is 171 g/mol. The molecule has 0 aromatic carbocycles. The summed E-state index contributed by atoms with van der Waals surface area (Å²) in [6.07, 6.45) is 0. The summed E-state index contributed by atoms with van der Waals surface area (Å²) in [6.45, 7) is 0. The van der Waals surface area contributed by atoms with Gasteiger partial charge >= 0.3 is 17.1 Å². The summed E-state index contributed by atoms with van der Waals surface area (Å²) < 4.78 is 0. The Bertz CT molecular complexity index is 15.5. The van der Waals surface area contributed by atoms with Crippen LogP contribution in [-0.4, -0.2) is 5.20 Å². The molecule has 0 N–H and O–H groups in total. The summed E-state index contributed by atoms with van der Waals surface area (Å²) in [6, 6.07) is 0. The van der Waals surface area contributed by atoms with E-state index in [4.69, 9.17) is 4.79 Å². The van der Waals surface area contributed by atoms with Gasteiger partial charge < -0.3 is 4.79 Å². The summed E-state index contributed by atoms with van der Waals surface area (Å²) in [7, 11) is 0. The minimum Gasteiger partial charge on any atom is -0.530 e. The molecule has 0 amide bonds. The van der Waals surface area contributed by atoms with E-state index in [-0.39, 0.29) is 17.1 Å². The third-order valence-corrected chi connectivity index (χ3v) is 0. The summed E-state index contributed by atoms with van der Waals surface area (Å²) in [5, 5.41) is 1.31. The largest absolute Gasteiger partial charge is 1.00 e. The van der Waals surface area contributed by atoms with Gasteiger partial charge in [0.25, 0.3) is 0 Å². The first-order valence-electron chi connectivity index (χ1n) is 0.393. The van der Waals surface area contributed by atoms with Crippen molar-refractivity contribution in [3.63, 3.8) is 0 Å². The van der Waals surface area contributed by atoms with E-state index in [1.54, 1.807) is 0 Å². The number of rotatable bonds is 0. The second-order valence-electron chi connectivity index (χ2n) is 0.0772. The van der Waals surface area contributed by atoms with Gasteiger partial charge in [0.2, 0.25) is 0 Å². The van der Waals surface area contributed by atoms with Crippen LogP contribution in [0.3, 0.4) is 0 Å². The Balaban J connectivity index is 0. The zero-order valence-electron chi connectivity index (χ0n) is 1.59. The van der Waals surface area contributed by atoms with E-state index >= 15 is 0 Å². The van der Waals surface area contributed by atoms with Crippen LogP contribution < -0.4 is 0 Å². The SMILES string of the molecule is O=[C-]Br.[Cu+]. The molecule has 28 valence electrons. The average Bonchev–Trinajstić information content (AvgIpc) is 0.918. The third kappa shape index (κ3) is 16.6. The Hall–Kier alpha value is 0.669. The maximum absolute atomic E-state index is 8.60. The van der Waals surface area contributed by atoms with E-state index in [9.17, 15) is 0 Å². The number of hydrogen-bond donors (Lipinski definition) is 0. The normalized spacial score (nSPS) is 3.25. The van der Waals surface area contributed by atoms with Crippen LogP contribution in [-0.2, 0) is 21.9 Å². The van der Waals surface area contributed by atoms with Crippen molar-refractivity contribution in [2.75, 3.05) is 0 Å². The first kappa shape index (κ1) is 8.82. The minimum atomic E-state index is 0. The third-order valence-electron chi connectivity index (χ3n) is 0. The molecule has 0 aliphatic carbocycles. The molecule has 0 rings (SSSR count). The fourth-order valence-electron chi connectivity index (χ4n) is 0. The van der Waals surface area contributed by atoms with Gasteiger partial charge in [0.1, 0.15) is 0 Å². The van der Waals surface area contributed by atoms with E-state index < -0.39 is 0 Å². The Labute approximate surface area is 43.4 Å². The molecule has 0 aromatic rings. The predicted octanol–water partition coefficient (Wildman–Crippen LogP) is 0.446. The Morgan fingerprint density at radius 3 is 1.75 bits per heavy atom. The van der Waals surface area contributed by atoms with E-state index in [1.807, 2.05) is 0 Å². The van der Waals surface area contributed by atoms with Crippen LogP contribution in [0.15, 0.2) is 0 Å². The zero-order chi connectivity index (χ0) is 2.71. The van der Waals surface area contributed by atoms with Crippen molar-refractivity contribution in [3.8, 4) is 0 Å². The summed E-state index contributed by atoms with van der Waals surface area (Å²) in [5.41, 5.74) is 0. The molecule has 4 heavy (non-hydrogen) atoms. The molecule has 0 radical (unpaired) electrons. The molecule has 0 saturated carbocycles. The maximum Gasteiger partial charge on any atom is 1.00 e. The van der Waals surface area contributed by atoms with Crippen molar-refractivity contribution in [2.24, 2.45) is 0 Å². The minimum absolute atomic E-state index is 0. The molecule has 0 atom stereocenters. The first-order valence-corrected chi connectivity index (χ1v) is 1.19. The number of halogens is 1. The molecule has 0 fully saturated rings. The van der Waals surface area contributed by atoms with Crippen LogP contribution in [0.4, 0.5) is 0 Å². The number of carbonyl (C=O) groups excluding carboxylic acids is 1. The molecule has 0 saturated heterocycles. The van der Waals surface area contributed by atoms with Crippen molar-refractivity contribution < 1.29 is 21.9 Å². The molecule has 0 aromatic heterocycles. The summed E-state index contributed by atoms with van der Waals surface area (Å²) in [4.78, 5) is 8.60. The molecule has 0 heterocycles. The molecule has 1 nitrogen and oxygen atoms in total. The Morgan fingerprint density at radius 2 is 1.75 bits per heavy atom. The molecule has 0 unspecified atom stereocenters. The fraction of sp³-hybridized carbons (Fsp3) is 0. The van der Waals surface area contributed by atoms with Crippen LogP contribution in [0.2, 0.25) is 0 Å². The van der Waals surface area contributed by atoms with Crippen molar-refractivity contribution in [1.82, 2.24) is 0 Å². The molecule has 0 aliphatic rings. The molecule has 0 bridgehead atoms. The van der Waals surface area contributed by atoms with Gasteiger partial charge in [0.15, 0.2) is 0 Å². The standard InChI is InChI=1S/CBrO.Cu/c2-1-3;/q-1;+1. The van der Waals surface area contributed by atoms with E-state index in [0.29, 0.717) is 0 Å². The van der Waals surface area contributed by atoms with Crippen LogP contribution in [0.25, 0.3) is 0 Å². The maximum atomic E-state index is 8.60. The van der Waals surface area contributed by atoms with Crippen LogP contribution in [0.1, 0.15) is 0 Å². The van der Waals surface area contributed by atoms with Crippen molar-refractivity contribution in [1.29, 1.82) is 0 Å². The quantitative estimate of drug-likeness (QED) is 0.294. The Morgan fingerprint density at radius 1 is 1.75 bits per heavy atom. The van der Waals surface area contributed by atoms with Gasteiger partial charge in [-0.2, -0.15) is 5.20 Å². The molecule has 0 spiro atoms. The van der Waals surface area contributed by atoms with Crippen LogP contribution in [0, 0.1) is 0 Å². The Kier molecular flexibility index (Phi) is 20.7. The second-order valence-corrected chi connectivity index (χ2v) is 0.401. The van der Waals surface area contributed by atoms with Crippen LogP contribution in [0.5, 0.6) is 0 Å². The van der Waals surface area contributed by atoms with Crippen molar-refractivity contribution in [2.45, 2.75) is 0 Å². The zero-order valence-corrected chi connectivity index (χ0v) is 4.12. The monoisotopic (exact) mass is 170 g/mol. The molecule has 0 aliphatic heterocycles. The van der Waals surface area contributed by atoms with Crippen molar-refractivity contribution >= 4 is 21.1 Å². The topological polar surface area (TPSA) is 17.1 Å². The smallest absolute Gasteiger partial charge is 0.530 e. The van der Waals surface area contributed by atoms with Gasteiger partial charge in [-0.1, -0.05) is 0 Å². The van der Waals surface area contributed by atoms with Gasteiger partial charge in [-0.3, -0.25) is 15.9 Å². The van der Waals surface area contributed by atoms with E-state index in [0.717, 1.165) is 0 Å². The van der Waals surface area contributed by atoms with Crippen molar-refractivity contribution in [3.05, 3.63) is 0 Å². The molecule has 3 heteroatoms. The van der Waals surface area contributed by atoms with E-state index in [2.05, 4.69) is 15.9 Å². The number of hydrogen-bond acceptors (Lipinski definition) is 1. The molecular formula is CBrCuO. The van der Waals surface area contributed by atoms with Gasteiger partial charge in [0, 0.05) is 0 Å².